The summed E-state index contributed by atoms with van der Waals surface area (Å²) in [6, 6.07) is 12.3. The number of hydrogen-bond donors (Lipinski definition) is 1. The van der Waals surface area contributed by atoms with Gasteiger partial charge in [-0.2, -0.15) is 0 Å². The number of hydrogen-bond acceptors (Lipinski definition) is 3. The molecular formula is C15H13BrO3. The number of esters is 1. The fourth-order valence-corrected chi connectivity index (χ4v) is 2.03. The number of phenols is 1. The molecule has 0 heterocycles. The van der Waals surface area contributed by atoms with Gasteiger partial charge in [-0.1, -0.05) is 40.2 Å². The van der Waals surface area contributed by atoms with E-state index in [1.807, 2.05) is 31.2 Å². The molecule has 0 aliphatic heterocycles. The highest BCUT2D eigenvalue weighted by Crippen LogP contribution is 2.23. The Morgan fingerprint density at radius 3 is 2.74 bits per heavy atom. The summed E-state index contributed by atoms with van der Waals surface area (Å²) in [7, 11) is 0. The van der Waals surface area contributed by atoms with Crippen LogP contribution in [0.1, 0.15) is 21.5 Å². The van der Waals surface area contributed by atoms with Crippen LogP contribution >= 0.6 is 15.9 Å². The van der Waals surface area contributed by atoms with Crippen LogP contribution in [0, 0.1) is 6.92 Å². The summed E-state index contributed by atoms with van der Waals surface area (Å²) >= 11 is 3.25. The van der Waals surface area contributed by atoms with Gasteiger partial charge in [0.15, 0.2) is 0 Å². The molecule has 0 saturated heterocycles. The van der Waals surface area contributed by atoms with E-state index in [0.717, 1.165) is 11.1 Å². The lowest BCUT2D eigenvalue weighted by Gasteiger charge is -2.08. The fraction of sp³-hybridized carbons (Fsp3) is 0.133. The summed E-state index contributed by atoms with van der Waals surface area (Å²) in [4.78, 5) is 11.9. The normalized spacial score (nSPS) is 10.2. The summed E-state index contributed by atoms with van der Waals surface area (Å²) < 4.78 is 5.93. The molecule has 1 N–H and O–H groups in total. The van der Waals surface area contributed by atoms with Crippen molar-refractivity contribution in [1.82, 2.24) is 0 Å². The summed E-state index contributed by atoms with van der Waals surface area (Å²) in [5.74, 6) is -0.625. The zero-order valence-corrected chi connectivity index (χ0v) is 12.0. The molecule has 0 saturated carbocycles. The van der Waals surface area contributed by atoms with Gasteiger partial charge in [0.2, 0.25) is 0 Å². The van der Waals surface area contributed by atoms with Gasteiger partial charge in [-0.25, -0.2) is 4.79 Å². The third-order valence-corrected chi connectivity index (χ3v) is 3.29. The van der Waals surface area contributed by atoms with E-state index in [0.29, 0.717) is 4.47 Å². The lowest BCUT2D eigenvalue weighted by Crippen LogP contribution is -2.06. The van der Waals surface area contributed by atoms with Crippen LogP contribution in [0.2, 0.25) is 0 Å². The third kappa shape index (κ3) is 3.35. The molecule has 2 aromatic rings. The Bertz CT molecular complexity index is 608. The van der Waals surface area contributed by atoms with Gasteiger partial charge in [0.25, 0.3) is 0 Å². The Kier molecular flexibility index (Phi) is 4.22. The van der Waals surface area contributed by atoms with Crippen LogP contribution in [0.25, 0.3) is 0 Å². The Labute approximate surface area is 120 Å². The zero-order chi connectivity index (χ0) is 13.8. The average Bonchev–Trinajstić information content (AvgIpc) is 2.40. The summed E-state index contributed by atoms with van der Waals surface area (Å²) in [6.45, 7) is 2.15. The van der Waals surface area contributed by atoms with Gasteiger partial charge < -0.3 is 9.84 Å². The average molecular weight is 321 g/mol. The molecule has 0 aliphatic carbocycles. The molecule has 2 aromatic carbocycles. The lowest BCUT2D eigenvalue weighted by atomic mass is 10.1. The number of benzene rings is 2. The first-order valence-electron chi connectivity index (χ1n) is 5.78. The molecule has 0 unspecified atom stereocenters. The van der Waals surface area contributed by atoms with Crippen molar-refractivity contribution >= 4 is 21.9 Å². The van der Waals surface area contributed by atoms with E-state index >= 15 is 0 Å². The van der Waals surface area contributed by atoms with E-state index in [9.17, 15) is 9.90 Å². The maximum atomic E-state index is 11.9. The molecule has 0 atom stereocenters. The standard InChI is InChI=1S/C15H13BrO3/c1-10-4-2-3-5-11(10)9-19-15(18)13-8-12(16)6-7-14(13)17/h2-8,17H,9H2,1H3. The van der Waals surface area contributed by atoms with Crippen molar-refractivity contribution in [2.45, 2.75) is 13.5 Å². The molecule has 0 aliphatic rings. The van der Waals surface area contributed by atoms with Crippen LogP contribution in [0.3, 0.4) is 0 Å². The Morgan fingerprint density at radius 1 is 1.26 bits per heavy atom. The molecule has 0 spiro atoms. The second-order valence-electron chi connectivity index (χ2n) is 4.16. The van der Waals surface area contributed by atoms with E-state index < -0.39 is 5.97 Å². The Hall–Kier alpha value is -1.81. The predicted octanol–water partition coefficient (Wildman–Crippen LogP) is 3.82. The second kappa shape index (κ2) is 5.89. The summed E-state index contributed by atoms with van der Waals surface area (Å²) in [5.41, 5.74) is 2.17. The highest BCUT2D eigenvalue weighted by atomic mass is 79.9. The number of aromatic hydroxyl groups is 1. The number of phenolic OH excluding ortho intramolecular Hbond substituents is 1. The first-order valence-corrected chi connectivity index (χ1v) is 6.57. The summed E-state index contributed by atoms with van der Waals surface area (Å²) in [5, 5.41) is 9.64. The first-order chi connectivity index (χ1) is 9.08. The van der Waals surface area contributed by atoms with E-state index in [1.54, 1.807) is 6.07 Å². The van der Waals surface area contributed by atoms with Crippen molar-refractivity contribution in [3.05, 3.63) is 63.6 Å². The van der Waals surface area contributed by atoms with Crippen LogP contribution in [-0.4, -0.2) is 11.1 Å². The first kappa shape index (κ1) is 13.6. The largest absolute Gasteiger partial charge is 0.507 e. The third-order valence-electron chi connectivity index (χ3n) is 2.80. The highest BCUT2D eigenvalue weighted by molar-refractivity contribution is 9.10. The van der Waals surface area contributed by atoms with Gasteiger partial charge in [-0.3, -0.25) is 0 Å². The monoisotopic (exact) mass is 320 g/mol. The van der Waals surface area contributed by atoms with Gasteiger partial charge in [0, 0.05) is 4.47 Å². The highest BCUT2D eigenvalue weighted by Gasteiger charge is 2.13. The topological polar surface area (TPSA) is 46.5 Å². The van der Waals surface area contributed by atoms with Crippen molar-refractivity contribution in [1.29, 1.82) is 0 Å². The lowest BCUT2D eigenvalue weighted by molar-refractivity contribution is 0.0469. The molecular weight excluding hydrogens is 308 g/mol. The van der Waals surface area contributed by atoms with Gasteiger partial charge in [-0.15, -0.1) is 0 Å². The zero-order valence-electron chi connectivity index (χ0n) is 10.4. The molecule has 0 aromatic heterocycles. The second-order valence-corrected chi connectivity index (χ2v) is 5.08. The van der Waals surface area contributed by atoms with Gasteiger partial charge in [0.1, 0.15) is 17.9 Å². The maximum Gasteiger partial charge on any atom is 0.342 e. The van der Waals surface area contributed by atoms with Gasteiger partial charge >= 0.3 is 5.97 Å². The molecule has 0 radical (unpaired) electrons. The van der Waals surface area contributed by atoms with Crippen molar-refractivity contribution in [2.24, 2.45) is 0 Å². The van der Waals surface area contributed by atoms with Crippen molar-refractivity contribution in [2.75, 3.05) is 0 Å². The predicted molar refractivity (Wildman–Crippen MR) is 76.1 cm³/mol. The van der Waals surface area contributed by atoms with Crippen LogP contribution in [0.5, 0.6) is 5.75 Å². The number of halogens is 1. The number of carbonyl (C=O) groups excluding carboxylic acids is 1. The Morgan fingerprint density at radius 2 is 2.00 bits per heavy atom. The van der Waals surface area contributed by atoms with E-state index in [4.69, 9.17) is 4.74 Å². The molecule has 0 amide bonds. The van der Waals surface area contributed by atoms with Crippen LogP contribution in [0.15, 0.2) is 46.9 Å². The number of carbonyl (C=O) groups is 1. The number of rotatable bonds is 3. The summed E-state index contributed by atoms with van der Waals surface area (Å²) in [6.07, 6.45) is 0. The molecule has 0 bridgehead atoms. The molecule has 4 heteroatoms. The SMILES string of the molecule is Cc1ccccc1COC(=O)c1cc(Br)ccc1O. The fourth-order valence-electron chi connectivity index (χ4n) is 1.66. The minimum absolute atomic E-state index is 0.0852. The van der Waals surface area contributed by atoms with Crippen molar-refractivity contribution in [3.8, 4) is 5.75 Å². The Balaban J connectivity index is 2.10. The quantitative estimate of drug-likeness (QED) is 0.874. The minimum Gasteiger partial charge on any atom is -0.507 e. The van der Waals surface area contributed by atoms with E-state index in [1.165, 1.54) is 12.1 Å². The molecule has 19 heavy (non-hydrogen) atoms. The van der Waals surface area contributed by atoms with Gasteiger partial charge in [0.05, 0.1) is 0 Å². The van der Waals surface area contributed by atoms with Crippen molar-refractivity contribution < 1.29 is 14.6 Å². The molecule has 98 valence electrons. The smallest absolute Gasteiger partial charge is 0.342 e. The van der Waals surface area contributed by atoms with Gasteiger partial charge in [-0.05, 0) is 36.2 Å². The van der Waals surface area contributed by atoms with Crippen LogP contribution in [0.4, 0.5) is 0 Å². The number of aryl methyl sites for hydroxylation is 1. The van der Waals surface area contributed by atoms with Crippen molar-refractivity contribution in [3.63, 3.8) is 0 Å². The van der Waals surface area contributed by atoms with Crippen LogP contribution < -0.4 is 0 Å². The molecule has 3 nitrogen and oxygen atoms in total. The van der Waals surface area contributed by atoms with E-state index in [2.05, 4.69) is 15.9 Å². The number of ether oxygens (including phenoxy) is 1. The maximum absolute atomic E-state index is 11.9. The van der Waals surface area contributed by atoms with E-state index in [-0.39, 0.29) is 17.9 Å². The molecule has 0 fully saturated rings. The minimum atomic E-state index is -0.540. The molecule has 2 rings (SSSR count). The van der Waals surface area contributed by atoms with Crippen LogP contribution in [-0.2, 0) is 11.3 Å².